The van der Waals surface area contributed by atoms with Crippen molar-refractivity contribution in [1.29, 1.82) is 0 Å². The van der Waals surface area contributed by atoms with Gasteiger partial charge in [-0.05, 0) is 47.3 Å². The summed E-state index contributed by atoms with van der Waals surface area (Å²) in [7, 11) is 0. The number of thioether (sulfide) groups is 1. The van der Waals surface area contributed by atoms with Crippen LogP contribution in [-0.4, -0.2) is 33.2 Å². The summed E-state index contributed by atoms with van der Waals surface area (Å²) < 4.78 is 33.0. The Bertz CT molecular complexity index is 893. The maximum Gasteiger partial charge on any atom is 0.227 e. The smallest absolute Gasteiger partial charge is 0.227 e. The van der Waals surface area contributed by atoms with E-state index in [9.17, 15) is 8.78 Å². The number of aliphatic imine (C=N–C) groups is 1. The third-order valence-electron chi connectivity index (χ3n) is 3.87. The van der Waals surface area contributed by atoms with E-state index in [0.717, 1.165) is 11.8 Å². The second-order valence-electron chi connectivity index (χ2n) is 5.77. The number of benzene rings is 1. The summed E-state index contributed by atoms with van der Waals surface area (Å²) in [4.78, 5) is 15.1. The molecule has 5 nitrogen and oxygen atoms in total. The minimum Gasteiger partial charge on any atom is -0.472 e. The second-order valence-corrected chi connectivity index (χ2v) is 7.40. The van der Waals surface area contributed by atoms with E-state index in [0.29, 0.717) is 22.1 Å². The minimum atomic E-state index is -0.644. The van der Waals surface area contributed by atoms with E-state index in [-0.39, 0.29) is 18.3 Å². The maximum absolute atomic E-state index is 13.7. The SMILES string of the molecule is CSc1nccc(CN2C=C(Br)C(OCc3ccc(F)cc3F)=NC2C)n1. The molecule has 0 bridgehead atoms. The van der Waals surface area contributed by atoms with E-state index < -0.39 is 11.6 Å². The number of nitrogens with zero attached hydrogens (tertiary/aromatic N) is 4. The van der Waals surface area contributed by atoms with E-state index in [1.807, 2.05) is 30.3 Å². The van der Waals surface area contributed by atoms with Crippen LogP contribution < -0.4 is 0 Å². The van der Waals surface area contributed by atoms with Gasteiger partial charge in [0, 0.05) is 24.0 Å². The van der Waals surface area contributed by atoms with Gasteiger partial charge in [0.1, 0.15) is 24.4 Å². The van der Waals surface area contributed by atoms with E-state index in [1.165, 1.54) is 23.9 Å². The van der Waals surface area contributed by atoms with Crippen molar-refractivity contribution in [2.24, 2.45) is 4.99 Å². The summed E-state index contributed by atoms with van der Waals surface area (Å²) in [6.45, 7) is 2.45. The lowest BCUT2D eigenvalue weighted by molar-refractivity contribution is 0.249. The average molecular weight is 455 g/mol. The van der Waals surface area contributed by atoms with Crippen molar-refractivity contribution in [3.8, 4) is 0 Å². The van der Waals surface area contributed by atoms with Gasteiger partial charge in [-0.15, -0.1) is 0 Å². The molecule has 1 aromatic carbocycles. The highest BCUT2D eigenvalue weighted by Gasteiger charge is 2.21. The van der Waals surface area contributed by atoms with Crippen LogP contribution in [0, 0.1) is 11.6 Å². The summed E-state index contributed by atoms with van der Waals surface area (Å²) in [6, 6.07) is 5.26. The highest BCUT2D eigenvalue weighted by molar-refractivity contribution is 9.12. The number of ether oxygens (including phenoxy) is 1. The zero-order valence-electron chi connectivity index (χ0n) is 14.7. The van der Waals surface area contributed by atoms with E-state index in [2.05, 4.69) is 30.9 Å². The lowest BCUT2D eigenvalue weighted by atomic mass is 10.2. The summed E-state index contributed by atoms with van der Waals surface area (Å²) in [6.07, 6.45) is 5.34. The van der Waals surface area contributed by atoms with Crippen LogP contribution in [0.15, 0.2) is 51.3 Å². The van der Waals surface area contributed by atoms with Gasteiger partial charge in [0.25, 0.3) is 0 Å². The molecule has 0 aliphatic carbocycles. The highest BCUT2D eigenvalue weighted by Crippen LogP contribution is 2.23. The van der Waals surface area contributed by atoms with Crippen molar-refractivity contribution in [2.45, 2.75) is 31.4 Å². The van der Waals surface area contributed by atoms with Gasteiger partial charge in [0.05, 0.1) is 16.7 Å². The Kier molecular flexibility index (Phi) is 6.43. The van der Waals surface area contributed by atoms with E-state index in [4.69, 9.17) is 4.74 Å². The van der Waals surface area contributed by atoms with Gasteiger partial charge in [-0.2, -0.15) is 0 Å². The largest absolute Gasteiger partial charge is 0.472 e. The van der Waals surface area contributed by atoms with Crippen molar-refractivity contribution in [3.63, 3.8) is 0 Å². The van der Waals surface area contributed by atoms with E-state index in [1.54, 1.807) is 6.20 Å². The van der Waals surface area contributed by atoms with Crippen LogP contribution >= 0.6 is 27.7 Å². The fourth-order valence-electron chi connectivity index (χ4n) is 2.43. The number of aromatic nitrogens is 2. The van der Waals surface area contributed by atoms with Gasteiger partial charge in [-0.25, -0.2) is 23.7 Å². The van der Waals surface area contributed by atoms with Crippen LogP contribution in [0.5, 0.6) is 0 Å². The van der Waals surface area contributed by atoms with E-state index >= 15 is 0 Å². The molecule has 1 unspecified atom stereocenters. The third kappa shape index (κ3) is 5.04. The maximum atomic E-state index is 13.7. The van der Waals surface area contributed by atoms with Gasteiger partial charge < -0.3 is 9.64 Å². The molecular formula is C18H17BrF2N4OS. The topological polar surface area (TPSA) is 50.6 Å². The monoisotopic (exact) mass is 454 g/mol. The normalized spacial score (nSPS) is 16.8. The summed E-state index contributed by atoms with van der Waals surface area (Å²) in [5.74, 6) is -0.893. The summed E-state index contributed by atoms with van der Waals surface area (Å²) >= 11 is 4.93. The quantitative estimate of drug-likeness (QED) is 0.491. The highest BCUT2D eigenvalue weighted by atomic mass is 79.9. The van der Waals surface area contributed by atoms with Crippen molar-refractivity contribution in [2.75, 3.05) is 6.26 Å². The predicted molar refractivity (Wildman–Crippen MR) is 104 cm³/mol. The average Bonchev–Trinajstić information content (AvgIpc) is 2.64. The molecular weight excluding hydrogens is 438 g/mol. The van der Waals surface area contributed by atoms with Gasteiger partial charge in [0.2, 0.25) is 5.90 Å². The number of hydrogen-bond acceptors (Lipinski definition) is 6. The van der Waals surface area contributed by atoms with Crippen LogP contribution in [0.2, 0.25) is 0 Å². The Morgan fingerprint density at radius 2 is 2.11 bits per heavy atom. The van der Waals surface area contributed by atoms with Gasteiger partial charge in [-0.1, -0.05) is 11.8 Å². The fourth-order valence-corrected chi connectivity index (χ4v) is 3.29. The molecule has 0 saturated carbocycles. The fraction of sp³-hybridized carbons (Fsp3) is 0.278. The van der Waals surface area contributed by atoms with Crippen LogP contribution in [0.1, 0.15) is 18.2 Å². The second kappa shape index (κ2) is 8.79. The third-order valence-corrected chi connectivity index (χ3v) is 4.97. The van der Waals surface area contributed by atoms with Gasteiger partial charge in [-0.3, -0.25) is 0 Å². The summed E-state index contributed by atoms with van der Waals surface area (Å²) in [5, 5.41) is 0.717. The minimum absolute atomic E-state index is 0.0381. The van der Waals surface area contributed by atoms with Crippen molar-refractivity contribution >= 4 is 33.6 Å². The molecule has 0 fully saturated rings. The van der Waals surface area contributed by atoms with Crippen molar-refractivity contribution < 1.29 is 13.5 Å². The molecule has 0 amide bonds. The number of halogens is 3. The molecule has 0 radical (unpaired) electrons. The number of rotatable bonds is 5. The molecule has 1 atom stereocenters. The Labute approximate surface area is 168 Å². The lowest BCUT2D eigenvalue weighted by Crippen LogP contribution is -2.32. The molecule has 0 saturated heterocycles. The van der Waals surface area contributed by atoms with Crippen LogP contribution in [0.3, 0.4) is 0 Å². The zero-order chi connectivity index (χ0) is 19.4. The molecule has 2 aromatic rings. The molecule has 2 heterocycles. The molecule has 0 N–H and O–H groups in total. The molecule has 1 aromatic heterocycles. The molecule has 1 aliphatic rings. The van der Waals surface area contributed by atoms with Crippen LogP contribution in [-0.2, 0) is 17.9 Å². The lowest BCUT2D eigenvalue weighted by Gasteiger charge is -2.29. The Balaban J connectivity index is 1.66. The first kappa shape index (κ1) is 19.8. The molecule has 0 spiro atoms. The van der Waals surface area contributed by atoms with Gasteiger partial charge in [0.15, 0.2) is 5.16 Å². The number of hydrogen-bond donors (Lipinski definition) is 0. The first-order valence-electron chi connectivity index (χ1n) is 8.10. The van der Waals surface area contributed by atoms with Crippen molar-refractivity contribution in [3.05, 3.63) is 64.0 Å². The zero-order valence-corrected chi connectivity index (χ0v) is 17.1. The molecule has 142 valence electrons. The molecule has 3 rings (SSSR count). The molecule has 1 aliphatic heterocycles. The Morgan fingerprint density at radius 1 is 1.30 bits per heavy atom. The molecule has 9 heteroatoms. The van der Waals surface area contributed by atoms with Gasteiger partial charge >= 0.3 is 0 Å². The predicted octanol–water partition coefficient (Wildman–Crippen LogP) is 4.49. The first-order chi connectivity index (χ1) is 13.0. The first-order valence-corrected chi connectivity index (χ1v) is 10.1. The molecule has 27 heavy (non-hydrogen) atoms. The Hall–Kier alpha value is -2.00. The van der Waals surface area contributed by atoms with Crippen molar-refractivity contribution in [1.82, 2.24) is 14.9 Å². The standard InChI is InChI=1S/C18H17BrF2N4OS/c1-11-23-17(26-10-12-3-4-13(20)7-16(12)21)15(19)9-25(11)8-14-5-6-22-18(24-14)27-2/h3-7,9,11H,8,10H2,1-2H3. The van der Waals surface area contributed by atoms with Crippen LogP contribution in [0.25, 0.3) is 0 Å². The van der Waals surface area contributed by atoms with Crippen LogP contribution in [0.4, 0.5) is 8.78 Å². The Morgan fingerprint density at radius 3 is 2.85 bits per heavy atom. The summed E-state index contributed by atoms with van der Waals surface area (Å²) in [5.41, 5.74) is 1.14.